The van der Waals surface area contributed by atoms with Crippen molar-refractivity contribution >= 4 is 17.4 Å². The molecule has 3 N–H and O–H groups in total. The average Bonchev–Trinajstić information content (AvgIpc) is 3.58. The number of hydrogen-bond acceptors (Lipinski definition) is 6. The van der Waals surface area contributed by atoms with Crippen molar-refractivity contribution in [2.45, 2.75) is 82.6 Å². The fourth-order valence-electron chi connectivity index (χ4n) is 7.52. The summed E-state index contributed by atoms with van der Waals surface area (Å²) in [4.78, 5) is 16.2. The number of rotatable bonds is 7. The topological polar surface area (TPSA) is 94.1 Å². The number of nitrogens with zero attached hydrogens (tertiary/aromatic N) is 1. The second kappa shape index (κ2) is 13.9. The monoisotopic (exact) mass is 673 g/mol. The molecule has 10 heteroatoms. The predicted molar refractivity (Wildman–Crippen MR) is 176 cm³/mol. The Morgan fingerprint density at radius 1 is 1.11 bits per heavy atom. The van der Waals surface area contributed by atoms with Crippen molar-refractivity contribution < 1.29 is 37.7 Å². The van der Waals surface area contributed by atoms with E-state index in [1.807, 2.05) is 24.1 Å². The van der Waals surface area contributed by atoms with Crippen molar-refractivity contribution in [3.63, 3.8) is 0 Å². The van der Waals surface area contributed by atoms with E-state index in [0.29, 0.717) is 57.2 Å². The molecule has 3 aliphatic carbocycles. The summed E-state index contributed by atoms with van der Waals surface area (Å²) < 4.78 is 46.3. The van der Waals surface area contributed by atoms with Crippen LogP contribution in [0, 0.1) is 5.41 Å². The molecule has 0 aliphatic heterocycles. The Bertz CT molecular complexity index is 1630. The molecule has 1 heterocycles. The minimum absolute atomic E-state index is 0.0240. The van der Waals surface area contributed by atoms with E-state index in [4.69, 9.17) is 16.0 Å². The van der Waals surface area contributed by atoms with Crippen molar-refractivity contribution in [2.24, 2.45) is 5.41 Å². The summed E-state index contributed by atoms with van der Waals surface area (Å²) in [5.41, 5.74) is 0.471. The lowest BCUT2D eigenvalue weighted by Crippen LogP contribution is -2.52. The smallest absolute Gasteiger partial charge is 0.416 e. The molecule has 2 aromatic carbocycles. The zero-order valence-corrected chi connectivity index (χ0v) is 27.8. The van der Waals surface area contributed by atoms with Crippen LogP contribution in [-0.2, 0) is 12.6 Å². The van der Waals surface area contributed by atoms with Crippen LogP contribution in [0.5, 0.6) is 0 Å². The molecule has 1 aromatic heterocycles. The van der Waals surface area contributed by atoms with Crippen LogP contribution in [0.25, 0.3) is 11.3 Å². The minimum Gasteiger partial charge on any atom is -0.453 e. The van der Waals surface area contributed by atoms with Gasteiger partial charge in [-0.25, -0.2) is 0 Å². The van der Waals surface area contributed by atoms with E-state index in [1.54, 1.807) is 6.07 Å². The van der Waals surface area contributed by atoms with Gasteiger partial charge in [0.15, 0.2) is 5.76 Å². The molecule has 4 atom stereocenters. The first-order chi connectivity index (χ1) is 22.1. The van der Waals surface area contributed by atoms with Crippen LogP contribution in [0.4, 0.5) is 13.2 Å². The highest BCUT2D eigenvalue weighted by molar-refractivity contribution is 6.33. The Kier molecular flexibility index (Phi) is 10.4. The number of alkyl halides is 3. The van der Waals surface area contributed by atoms with Gasteiger partial charge in [-0.2, -0.15) is 13.2 Å². The van der Waals surface area contributed by atoms with Crippen LogP contribution in [0.15, 0.2) is 64.6 Å². The molecule has 4 unspecified atom stereocenters. The molecule has 254 valence electrons. The maximum Gasteiger partial charge on any atom is 0.416 e. The van der Waals surface area contributed by atoms with Crippen molar-refractivity contribution in [3.05, 3.63) is 93.2 Å². The molecule has 3 aliphatic rings. The number of aliphatic hydroxyl groups excluding tert-OH is 2. The molecule has 47 heavy (non-hydrogen) atoms. The molecule has 1 fully saturated rings. The van der Waals surface area contributed by atoms with Gasteiger partial charge in [-0.1, -0.05) is 42.3 Å². The number of fused-ring (bicyclic) bond motifs is 8. The van der Waals surface area contributed by atoms with Crippen LogP contribution in [0.3, 0.4) is 0 Å². The number of benzene rings is 2. The summed E-state index contributed by atoms with van der Waals surface area (Å²) in [7, 11) is 1.87. The number of carbonyl (C=O) groups excluding carboxylic acids is 1. The molecule has 0 saturated heterocycles. The van der Waals surface area contributed by atoms with Gasteiger partial charge in [0.1, 0.15) is 5.76 Å². The van der Waals surface area contributed by atoms with Gasteiger partial charge in [-0.15, -0.1) is 0 Å². The summed E-state index contributed by atoms with van der Waals surface area (Å²) in [6.45, 7) is 4.88. The van der Waals surface area contributed by atoms with E-state index in [1.165, 1.54) is 17.7 Å². The molecule has 6 nitrogen and oxygen atoms in total. The molecule has 3 aromatic rings. The molecular formula is C37H43ClF3NO5. The van der Waals surface area contributed by atoms with E-state index in [-0.39, 0.29) is 34.6 Å². The highest BCUT2D eigenvalue weighted by Gasteiger charge is 2.57. The normalized spacial score (nSPS) is 25.5. The van der Waals surface area contributed by atoms with Crippen molar-refractivity contribution in [1.29, 1.82) is 0 Å². The van der Waals surface area contributed by atoms with Crippen LogP contribution in [-0.4, -0.2) is 64.5 Å². The van der Waals surface area contributed by atoms with Crippen LogP contribution in [0.1, 0.15) is 91.1 Å². The Morgan fingerprint density at radius 3 is 2.60 bits per heavy atom. The Hall–Kier alpha value is -2.95. The predicted octanol–water partition coefficient (Wildman–Crippen LogP) is 7.81. The van der Waals surface area contributed by atoms with Crippen LogP contribution >= 0.6 is 11.6 Å². The highest BCUT2D eigenvalue weighted by Crippen LogP contribution is 2.58. The second-order valence-corrected chi connectivity index (χ2v) is 14.0. The molecule has 6 rings (SSSR count). The van der Waals surface area contributed by atoms with Gasteiger partial charge < -0.3 is 24.6 Å². The quantitative estimate of drug-likeness (QED) is 0.175. The molecular weight excluding hydrogens is 631 g/mol. The lowest BCUT2D eigenvalue weighted by molar-refractivity contribution is -0.137. The minimum atomic E-state index is -4.58. The first kappa shape index (κ1) is 35.4. The van der Waals surface area contributed by atoms with Gasteiger partial charge in [0.2, 0.25) is 5.78 Å². The second-order valence-electron chi connectivity index (χ2n) is 13.6. The maximum atomic E-state index is 14.3. The third-order valence-corrected chi connectivity index (χ3v) is 10.6. The Morgan fingerprint density at radius 2 is 1.87 bits per heavy atom. The highest BCUT2D eigenvalue weighted by atomic mass is 35.5. The van der Waals surface area contributed by atoms with Gasteiger partial charge in [-0.3, -0.25) is 4.79 Å². The zero-order valence-electron chi connectivity index (χ0n) is 27.0. The average molecular weight is 674 g/mol. The fraction of sp³-hybridized carbons (Fsp3) is 0.486. The van der Waals surface area contributed by atoms with Gasteiger partial charge in [0.25, 0.3) is 0 Å². The van der Waals surface area contributed by atoms with Crippen LogP contribution < -0.4 is 0 Å². The SMILES string of the molecule is CC1=CCCC2(C)C(CCC2(O)CN(C)CCO)c2ccc(cc2C(=O)c2ccc(-c3cc(C(F)(F)F)ccc3Cl)o2)CC(O)CC1. The van der Waals surface area contributed by atoms with Gasteiger partial charge >= 0.3 is 6.18 Å². The summed E-state index contributed by atoms with van der Waals surface area (Å²) in [5, 5.41) is 32.8. The third kappa shape index (κ3) is 7.39. The third-order valence-electron chi connectivity index (χ3n) is 10.3. The Balaban J connectivity index is 1.59. The van der Waals surface area contributed by atoms with E-state index in [9.17, 15) is 33.3 Å². The molecule has 0 radical (unpaired) electrons. The lowest BCUT2D eigenvalue weighted by atomic mass is 9.64. The first-order valence-corrected chi connectivity index (χ1v) is 16.5. The number of ketones is 1. The number of furan rings is 1. The van der Waals surface area contributed by atoms with Crippen molar-refractivity contribution in [2.75, 3.05) is 26.7 Å². The number of hydrogen-bond donors (Lipinski definition) is 3. The standard InChI is InChI=1S/C37H43ClF3NO5/c1-23-5-4-15-35(2)30(14-16-36(35,46)22-42(3)17-18-43)27-10-7-24(19-26(44)9-6-23)20-28(27)34(45)33-13-12-32(47-33)29-21-25(37(39,40)41)8-11-31(29)38/h5,7-8,10-13,20-21,26,30,43-44,46H,4,6,9,14-19,22H2,1-3H3. The number of carbonyl (C=O) groups is 1. The molecule has 1 saturated carbocycles. The summed E-state index contributed by atoms with van der Waals surface area (Å²) >= 11 is 6.27. The van der Waals surface area contributed by atoms with Crippen molar-refractivity contribution in [3.8, 4) is 11.3 Å². The largest absolute Gasteiger partial charge is 0.453 e. The van der Waals surface area contributed by atoms with E-state index < -0.39 is 34.6 Å². The first-order valence-electron chi connectivity index (χ1n) is 16.1. The number of aliphatic hydroxyl groups is 3. The molecule has 0 amide bonds. The van der Waals surface area contributed by atoms with E-state index in [0.717, 1.165) is 35.7 Å². The van der Waals surface area contributed by atoms with Gasteiger partial charge in [0.05, 0.1) is 28.9 Å². The van der Waals surface area contributed by atoms with E-state index in [2.05, 4.69) is 19.9 Å². The maximum absolute atomic E-state index is 14.3. The van der Waals surface area contributed by atoms with Gasteiger partial charge in [0, 0.05) is 29.6 Å². The fourth-order valence-corrected chi connectivity index (χ4v) is 7.73. The number of likely N-dealkylation sites (N-methyl/N-ethyl adjacent to an activating group) is 1. The summed E-state index contributed by atoms with van der Waals surface area (Å²) in [6, 6.07) is 11.5. The van der Waals surface area contributed by atoms with E-state index >= 15 is 0 Å². The molecule has 0 spiro atoms. The molecule has 2 bridgehead atoms. The summed E-state index contributed by atoms with van der Waals surface area (Å²) in [5.74, 6) is -0.667. The number of allylic oxidation sites excluding steroid dienone is 2. The lowest BCUT2D eigenvalue weighted by Gasteiger charge is -2.45. The summed E-state index contributed by atoms with van der Waals surface area (Å²) in [6.07, 6.45) is 1.08. The van der Waals surface area contributed by atoms with Crippen molar-refractivity contribution in [1.82, 2.24) is 4.90 Å². The number of halogens is 4. The van der Waals surface area contributed by atoms with Crippen LogP contribution in [0.2, 0.25) is 5.02 Å². The van der Waals surface area contributed by atoms with Gasteiger partial charge in [-0.05, 0) is 112 Å². The Labute approximate surface area is 278 Å². The zero-order chi connectivity index (χ0) is 34.1.